The third-order valence-electron chi connectivity index (χ3n) is 3.70. The minimum absolute atomic E-state index is 0.0293. The Balaban J connectivity index is 2.15. The molecule has 6 heteroatoms. The molecule has 0 saturated heterocycles. The molecule has 0 heterocycles. The second-order valence-corrected chi connectivity index (χ2v) is 6.35. The number of hydrogen-bond donors (Lipinski definition) is 1. The molecular formula is C19H20FNO3S. The first-order valence-corrected chi connectivity index (χ1v) is 9.14. The Bertz CT molecular complexity index is 716. The van der Waals surface area contributed by atoms with Gasteiger partial charge < -0.3 is 10.1 Å². The molecule has 1 unspecified atom stereocenters. The highest BCUT2D eigenvalue weighted by molar-refractivity contribution is 7.97. The standard InChI is InChI=1S/C19H20FNO3S/c1-24-18(22)11-17(14-7-9-16(20)10-8-14)21-19(23)15-5-3-13(4-6-15)12-25-2/h3-10,17H,11-12H2,1-2H3,(H,21,23). The number of halogens is 1. The van der Waals surface area contributed by atoms with Crippen LogP contribution in [0.3, 0.4) is 0 Å². The van der Waals surface area contributed by atoms with Crippen LogP contribution in [0.25, 0.3) is 0 Å². The van der Waals surface area contributed by atoms with E-state index in [1.165, 1.54) is 19.2 Å². The fourth-order valence-corrected chi connectivity index (χ4v) is 2.88. The third-order valence-corrected chi connectivity index (χ3v) is 4.33. The average molecular weight is 361 g/mol. The van der Waals surface area contributed by atoms with Gasteiger partial charge in [-0.25, -0.2) is 4.39 Å². The number of ether oxygens (including phenoxy) is 1. The third kappa shape index (κ3) is 5.60. The molecule has 0 aromatic heterocycles. The van der Waals surface area contributed by atoms with Crippen molar-refractivity contribution in [2.75, 3.05) is 13.4 Å². The van der Waals surface area contributed by atoms with Crippen molar-refractivity contribution in [3.05, 3.63) is 71.0 Å². The van der Waals surface area contributed by atoms with Gasteiger partial charge in [-0.15, -0.1) is 0 Å². The van der Waals surface area contributed by atoms with Crippen molar-refractivity contribution in [2.45, 2.75) is 18.2 Å². The molecule has 0 radical (unpaired) electrons. The fraction of sp³-hybridized carbons (Fsp3) is 0.263. The van der Waals surface area contributed by atoms with E-state index in [-0.39, 0.29) is 18.1 Å². The van der Waals surface area contributed by atoms with Crippen LogP contribution < -0.4 is 5.32 Å². The maximum absolute atomic E-state index is 13.1. The van der Waals surface area contributed by atoms with Crippen molar-refractivity contribution in [3.63, 3.8) is 0 Å². The van der Waals surface area contributed by atoms with Crippen molar-refractivity contribution in [1.29, 1.82) is 0 Å². The Hall–Kier alpha value is -2.34. The van der Waals surface area contributed by atoms with E-state index >= 15 is 0 Å². The predicted molar refractivity (Wildman–Crippen MR) is 96.9 cm³/mol. The number of carbonyl (C=O) groups excluding carboxylic acids is 2. The Morgan fingerprint density at radius 3 is 2.32 bits per heavy atom. The molecule has 2 aromatic carbocycles. The summed E-state index contributed by atoms with van der Waals surface area (Å²) in [5.41, 5.74) is 2.27. The van der Waals surface area contributed by atoms with Crippen LogP contribution >= 0.6 is 11.8 Å². The van der Waals surface area contributed by atoms with Crippen molar-refractivity contribution >= 4 is 23.6 Å². The summed E-state index contributed by atoms with van der Waals surface area (Å²) in [6.07, 6.45) is 1.99. The monoisotopic (exact) mass is 361 g/mol. The van der Waals surface area contributed by atoms with E-state index in [0.29, 0.717) is 11.1 Å². The summed E-state index contributed by atoms with van der Waals surface area (Å²) >= 11 is 1.70. The number of rotatable bonds is 7. The molecule has 1 N–H and O–H groups in total. The Labute approximate surface area is 150 Å². The van der Waals surface area contributed by atoms with Gasteiger partial charge in [0.25, 0.3) is 5.91 Å². The van der Waals surface area contributed by atoms with Crippen LogP contribution in [0.15, 0.2) is 48.5 Å². The largest absolute Gasteiger partial charge is 0.469 e. The first-order chi connectivity index (χ1) is 12.0. The number of carbonyl (C=O) groups is 2. The normalized spacial score (nSPS) is 11.6. The summed E-state index contributed by atoms with van der Waals surface area (Å²) in [7, 11) is 1.29. The van der Waals surface area contributed by atoms with Crippen LogP contribution in [0, 0.1) is 5.82 Å². The van der Waals surface area contributed by atoms with Crippen molar-refractivity contribution in [3.8, 4) is 0 Å². The van der Waals surface area contributed by atoms with Crippen LogP contribution in [0.5, 0.6) is 0 Å². The maximum Gasteiger partial charge on any atom is 0.307 e. The summed E-state index contributed by atoms with van der Waals surface area (Å²) in [5.74, 6) is -0.252. The number of esters is 1. The quantitative estimate of drug-likeness (QED) is 0.764. The Morgan fingerprint density at radius 1 is 1.12 bits per heavy atom. The lowest BCUT2D eigenvalue weighted by molar-refractivity contribution is -0.141. The van der Waals surface area contributed by atoms with Gasteiger partial charge in [0.1, 0.15) is 5.82 Å². The van der Waals surface area contributed by atoms with Crippen LogP contribution in [-0.2, 0) is 15.3 Å². The SMILES string of the molecule is COC(=O)CC(NC(=O)c1ccc(CSC)cc1)c1ccc(F)cc1. The van der Waals surface area contributed by atoms with Crippen LogP contribution in [-0.4, -0.2) is 25.2 Å². The summed E-state index contributed by atoms with van der Waals surface area (Å²) < 4.78 is 17.8. The molecule has 0 aliphatic rings. The molecule has 1 amide bonds. The van der Waals surface area contributed by atoms with Crippen LogP contribution in [0.4, 0.5) is 4.39 Å². The lowest BCUT2D eigenvalue weighted by Crippen LogP contribution is -2.30. The van der Waals surface area contributed by atoms with E-state index in [9.17, 15) is 14.0 Å². The highest BCUT2D eigenvalue weighted by atomic mass is 32.2. The van der Waals surface area contributed by atoms with Gasteiger partial charge in [-0.3, -0.25) is 9.59 Å². The second kappa shape index (κ2) is 9.22. The fourth-order valence-electron chi connectivity index (χ4n) is 2.36. The number of hydrogen-bond acceptors (Lipinski definition) is 4. The zero-order valence-electron chi connectivity index (χ0n) is 14.1. The van der Waals surface area contributed by atoms with Gasteiger partial charge in [0.2, 0.25) is 0 Å². The lowest BCUT2D eigenvalue weighted by Gasteiger charge is -2.18. The molecule has 0 bridgehead atoms. The number of nitrogens with one attached hydrogen (secondary N) is 1. The predicted octanol–water partition coefficient (Wildman–Crippen LogP) is 3.72. The van der Waals surface area contributed by atoms with Crippen LogP contribution in [0.1, 0.15) is 33.9 Å². The van der Waals surface area contributed by atoms with E-state index in [4.69, 9.17) is 0 Å². The van der Waals surface area contributed by atoms with Crippen molar-refractivity contribution in [2.24, 2.45) is 0 Å². The van der Waals surface area contributed by atoms with Crippen molar-refractivity contribution in [1.82, 2.24) is 5.32 Å². The van der Waals surface area contributed by atoms with E-state index in [1.54, 1.807) is 36.0 Å². The lowest BCUT2D eigenvalue weighted by atomic mass is 10.0. The number of benzene rings is 2. The minimum atomic E-state index is -0.591. The number of thioether (sulfide) groups is 1. The maximum atomic E-state index is 13.1. The van der Waals surface area contributed by atoms with Gasteiger partial charge in [0.05, 0.1) is 19.6 Å². The zero-order valence-corrected chi connectivity index (χ0v) is 14.9. The smallest absolute Gasteiger partial charge is 0.307 e. The highest BCUT2D eigenvalue weighted by Gasteiger charge is 2.19. The van der Waals surface area contributed by atoms with E-state index in [2.05, 4.69) is 10.1 Å². The zero-order chi connectivity index (χ0) is 18.2. The summed E-state index contributed by atoms with van der Waals surface area (Å²) in [4.78, 5) is 24.1. The molecule has 0 spiro atoms. The summed E-state index contributed by atoms with van der Waals surface area (Å²) in [6, 6.07) is 12.4. The molecule has 0 aliphatic heterocycles. The minimum Gasteiger partial charge on any atom is -0.469 e. The Morgan fingerprint density at radius 2 is 1.76 bits per heavy atom. The molecule has 25 heavy (non-hydrogen) atoms. The summed E-state index contributed by atoms with van der Waals surface area (Å²) in [5, 5.41) is 2.82. The molecule has 132 valence electrons. The molecule has 0 aliphatic carbocycles. The van der Waals surface area contributed by atoms with Gasteiger partial charge in [-0.05, 0) is 41.6 Å². The van der Waals surface area contributed by atoms with Gasteiger partial charge >= 0.3 is 5.97 Å². The average Bonchev–Trinajstić information content (AvgIpc) is 2.62. The van der Waals surface area contributed by atoms with E-state index in [1.807, 2.05) is 18.4 Å². The first kappa shape index (κ1) is 19.0. The topological polar surface area (TPSA) is 55.4 Å². The molecule has 0 fully saturated rings. The molecule has 0 saturated carbocycles. The van der Waals surface area contributed by atoms with E-state index < -0.39 is 12.0 Å². The molecule has 4 nitrogen and oxygen atoms in total. The van der Waals surface area contributed by atoms with Gasteiger partial charge in [-0.2, -0.15) is 11.8 Å². The van der Waals surface area contributed by atoms with E-state index in [0.717, 1.165) is 11.3 Å². The summed E-state index contributed by atoms with van der Waals surface area (Å²) in [6.45, 7) is 0. The number of methoxy groups -OCH3 is 1. The van der Waals surface area contributed by atoms with Crippen LogP contribution in [0.2, 0.25) is 0 Å². The molecular weight excluding hydrogens is 341 g/mol. The molecule has 2 aromatic rings. The first-order valence-electron chi connectivity index (χ1n) is 7.74. The second-order valence-electron chi connectivity index (χ2n) is 5.49. The van der Waals surface area contributed by atoms with Gasteiger partial charge in [0, 0.05) is 11.3 Å². The van der Waals surface area contributed by atoms with Crippen molar-refractivity contribution < 1.29 is 18.7 Å². The number of amides is 1. The Kier molecular flexibility index (Phi) is 7.01. The molecule has 1 atom stereocenters. The van der Waals surface area contributed by atoms with Gasteiger partial charge in [0.15, 0.2) is 0 Å². The van der Waals surface area contributed by atoms with Gasteiger partial charge in [-0.1, -0.05) is 24.3 Å². The molecule has 2 rings (SSSR count). The highest BCUT2D eigenvalue weighted by Crippen LogP contribution is 2.19.